The Morgan fingerprint density at radius 1 is 0.387 bits per heavy atom. The highest BCUT2D eigenvalue weighted by atomic mass is 35.5. The molecule has 0 unspecified atom stereocenters. The lowest BCUT2D eigenvalue weighted by Gasteiger charge is -2.08. The predicted molar refractivity (Wildman–Crippen MR) is 117 cm³/mol. The minimum atomic E-state index is 0.312. The lowest BCUT2D eigenvalue weighted by atomic mass is 10.6. The van der Waals surface area contributed by atoms with Crippen LogP contribution < -0.4 is 0 Å². The standard InChI is InChI=1S/C21H39ClO9/c1-2-4-23-6-8-25-10-12-27-14-16-29-18-20-31-21-19-30-17-15-28-13-11-26-9-7-24-5-3-22/h1H,3-21H2. The van der Waals surface area contributed by atoms with Crippen LogP contribution in [-0.2, 0) is 42.6 Å². The second-order valence-electron chi connectivity index (χ2n) is 5.84. The van der Waals surface area contributed by atoms with E-state index in [9.17, 15) is 0 Å². The van der Waals surface area contributed by atoms with Crippen LogP contribution in [0.2, 0.25) is 0 Å². The first-order chi connectivity index (χ1) is 15.4. The van der Waals surface area contributed by atoms with E-state index in [-0.39, 0.29) is 0 Å². The summed E-state index contributed by atoms with van der Waals surface area (Å²) in [6.45, 7) is 9.25. The van der Waals surface area contributed by atoms with Crippen molar-refractivity contribution in [2.45, 2.75) is 0 Å². The molecular formula is C21H39ClO9. The zero-order chi connectivity index (χ0) is 22.5. The molecule has 0 saturated heterocycles. The molecule has 0 fully saturated rings. The third-order valence-corrected chi connectivity index (χ3v) is 3.54. The second kappa shape index (κ2) is 29.5. The molecule has 0 atom stereocenters. The van der Waals surface area contributed by atoms with Gasteiger partial charge in [0.2, 0.25) is 0 Å². The number of terminal acetylenes is 1. The molecule has 0 spiro atoms. The minimum Gasteiger partial charge on any atom is -0.378 e. The van der Waals surface area contributed by atoms with Gasteiger partial charge in [0.05, 0.1) is 112 Å². The van der Waals surface area contributed by atoms with Gasteiger partial charge >= 0.3 is 0 Å². The SMILES string of the molecule is C#CCOCCOCCOCCOCCOCCOCCOCCOCCOCCCl. The van der Waals surface area contributed by atoms with E-state index in [1.165, 1.54) is 0 Å². The Morgan fingerprint density at radius 3 is 0.839 bits per heavy atom. The summed E-state index contributed by atoms with van der Waals surface area (Å²) in [6.07, 6.45) is 5.06. The number of halogens is 1. The molecule has 9 nitrogen and oxygen atoms in total. The van der Waals surface area contributed by atoms with Crippen molar-refractivity contribution in [2.24, 2.45) is 0 Å². The van der Waals surface area contributed by atoms with Crippen molar-refractivity contribution in [1.82, 2.24) is 0 Å². The number of rotatable bonds is 27. The molecular weight excluding hydrogens is 432 g/mol. The van der Waals surface area contributed by atoms with Gasteiger partial charge in [-0.2, -0.15) is 0 Å². The van der Waals surface area contributed by atoms with Crippen LogP contribution in [0.15, 0.2) is 0 Å². The van der Waals surface area contributed by atoms with Crippen molar-refractivity contribution in [3.8, 4) is 12.3 Å². The zero-order valence-corrected chi connectivity index (χ0v) is 19.3. The Morgan fingerprint density at radius 2 is 0.613 bits per heavy atom. The first kappa shape index (κ1) is 30.5. The molecule has 0 aliphatic carbocycles. The van der Waals surface area contributed by atoms with Gasteiger partial charge in [-0.25, -0.2) is 0 Å². The van der Waals surface area contributed by atoms with E-state index in [0.717, 1.165) is 0 Å². The topological polar surface area (TPSA) is 83.1 Å². The van der Waals surface area contributed by atoms with Gasteiger partial charge in [0.25, 0.3) is 0 Å². The third-order valence-electron chi connectivity index (χ3n) is 3.38. The lowest BCUT2D eigenvalue weighted by molar-refractivity contribution is -0.0243. The van der Waals surface area contributed by atoms with Crippen molar-refractivity contribution in [2.75, 3.05) is 125 Å². The molecule has 0 aromatic carbocycles. The second-order valence-corrected chi connectivity index (χ2v) is 6.22. The van der Waals surface area contributed by atoms with Gasteiger partial charge in [-0.05, 0) is 0 Å². The van der Waals surface area contributed by atoms with Crippen molar-refractivity contribution in [1.29, 1.82) is 0 Å². The summed E-state index contributed by atoms with van der Waals surface area (Å²) in [5.41, 5.74) is 0. The zero-order valence-electron chi connectivity index (χ0n) is 18.6. The van der Waals surface area contributed by atoms with E-state index >= 15 is 0 Å². The largest absolute Gasteiger partial charge is 0.378 e. The quantitative estimate of drug-likeness (QED) is 0.0991. The van der Waals surface area contributed by atoms with Crippen molar-refractivity contribution >= 4 is 11.6 Å². The van der Waals surface area contributed by atoms with E-state index in [2.05, 4.69) is 5.92 Å². The Labute approximate surface area is 191 Å². The van der Waals surface area contributed by atoms with Crippen LogP contribution in [0.25, 0.3) is 0 Å². The lowest BCUT2D eigenvalue weighted by Crippen LogP contribution is -2.15. The molecule has 0 heterocycles. The fraction of sp³-hybridized carbons (Fsp3) is 0.905. The van der Waals surface area contributed by atoms with E-state index in [4.69, 9.17) is 60.7 Å². The van der Waals surface area contributed by atoms with Gasteiger partial charge in [0.1, 0.15) is 6.61 Å². The number of hydrogen-bond acceptors (Lipinski definition) is 9. The van der Waals surface area contributed by atoms with Crippen molar-refractivity contribution < 1.29 is 42.6 Å². The summed E-state index contributed by atoms with van der Waals surface area (Å²) in [5.74, 6) is 2.89. The summed E-state index contributed by atoms with van der Waals surface area (Å²) >= 11 is 5.49. The highest BCUT2D eigenvalue weighted by Gasteiger charge is 1.95. The van der Waals surface area contributed by atoms with E-state index < -0.39 is 0 Å². The molecule has 0 radical (unpaired) electrons. The maximum Gasteiger partial charge on any atom is 0.107 e. The van der Waals surface area contributed by atoms with E-state index in [1.807, 2.05) is 0 Å². The Bertz CT molecular complexity index is 369. The smallest absolute Gasteiger partial charge is 0.107 e. The number of ether oxygens (including phenoxy) is 9. The highest BCUT2D eigenvalue weighted by Crippen LogP contribution is 1.86. The Kier molecular flexibility index (Phi) is 29.0. The van der Waals surface area contributed by atoms with Crippen molar-refractivity contribution in [3.05, 3.63) is 0 Å². The predicted octanol–water partition coefficient (Wildman–Crippen LogP) is 1.01. The summed E-state index contributed by atoms with van der Waals surface area (Å²) < 4.78 is 47.9. The minimum absolute atomic E-state index is 0.312. The molecule has 31 heavy (non-hydrogen) atoms. The van der Waals surface area contributed by atoms with Crippen molar-refractivity contribution in [3.63, 3.8) is 0 Å². The van der Waals surface area contributed by atoms with Gasteiger partial charge < -0.3 is 42.6 Å². The third kappa shape index (κ3) is 29.5. The van der Waals surface area contributed by atoms with Gasteiger partial charge in [-0.3, -0.25) is 0 Å². The van der Waals surface area contributed by atoms with E-state index in [1.54, 1.807) is 0 Å². The summed E-state index contributed by atoms with van der Waals surface area (Å²) in [7, 11) is 0. The molecule has 0 N–H and O–H groups in total. The molecule has 0 aromatic rings. The monoisotopic (exact) mass is 470 g/mol. The van der Waals surface area contributed by atoms with Crippen LogP contribution in [0.5, 0.6) is 0 Å². The van der Waals surface area contributed by atoms with Crippen LogP contribution in [0, 0.1) is 12.3 Å². The Balaban J connectivity index is 2.99. The molecule has 0 aliphatic rings. The normalized spacial score (nSPS) is 11.1. The number of hydrogen-bond donors (Lipinski definition) is 0. The van der Waals surface area contributed by atoms with Gasteiger partial charge in [-0.15, -0.1) is 18.0 Å². The van der Waals surface area contributed by atoms with Gasteiger partial charge in [0, 0.05) is 5.88 Å². The first-order valence-electron chi connectivity index (χ1n) is 10.6. The average molecular weight is 471 g/mol. The molecule has 184 valence electrons. The maximum absolute atomic E-state index is 5.49. The molecule has 10 heteroatoms. The Hall–Kier alpha value is -0.510. The first-order valence-corrected chi connectivity index (χ1v) is 11.1. The van der Waals surface area contributed by atoms with Crippen LogP contribution in [0.1, 0.15) is 0 Å². The fourth-order valence-electron chi connectivity index (χ4n) is 1.94. The van der Waals surface area contributed by atoms with Crippen LogP contribution in [0.3, 0.4) is 0 Å². The highest BCUT2D eigenvalue weighted by molar-refractivity contribution is 6.17. The summed E-state index contributed by atoms with van der Waals surface area (Å²) in [4.78, 5) is 0. The fourth-order valence-corrected chi connectivity index (χ4v) is 2.05. The van der Waals surface area contributed by atoms with Crippen LogP contribution in [-0.4, -0.2) is 125 Å². The summed E-state index contributed by atoms with van der Waals surface area (Å²) in [5, 5.41) is 0. The molecule has 0 amide bonds. The summed E-state index contributed by atoms with van der Waals surface area (Å²) in [6, 6.07) is 0. The number of alkyl halides is 1. The molecule has 0 aliphatic heterocycles. The molecule has 0 aromatic heterocycles. The van der Waals surface area contributed by atoms with Crippen LogP contribution in [0.4, 0.5) is 0 Å². The van der Waals surface area contributed by atoms with Crippen LogP contribution >= 0.6 is 11.6 Å². The maximum atomic E-state index is 5.49. The van der Waals surface area contributed by atoms with E-state index in [0.29, 0.717) is 125 Å². The molecule has 0 bridgehead atoms. The molecule has 0 saturated carbocycles. The molecule has 0 rings (SSSR count). The van der Waals surface area contributed by atoms with Gasteiger partial charge in [-0.1, -0.05) is 5.92 Å². The van der Waals surface area contributed by atoms with Gasteiger partial charge in [0.15, 0.2) is 0 Å². The average Bonchev–Trinajstić information content (AvgIpc) is 2.78.